The fraction of sp³-hybridized carbons (Fsp3) is 0.600. The number of imidazole rings is 1. The molecular weight excluding hydrogens is 252 g/mol. The minimum absolute atomic E-state index is 0.422. The highest BCUT2D eigenvalue weighted by molar-refractivity contribution is 5.71. The van der Waals surface area contributed by atoms with E-state index >= 15 is 0 Å². The third-order valence-electron chi connectivity index (χ3n) is 4.12. The van der Waals surface area contributed by atoms with E-state index in [1.54, 1.807) is 7.11 Å². The zero-order chi connectivity index (χ0) is 13.9. The van der Waals surface area contributed by atoms with Crippen LogP contribution in [0.2, 0.25) is 0 Å². The number of aromatic nitrogens is 3. The molecule has 1 aliphatic heterocycles. The van der Waals surface area contributed by atoms with E-state index in [2.05, 4.69) is 21.4 Å². The van der Waals surface area contributed by atoms with Gasteiger partial charge in [-0.1, -0.05) is 6.92 Å². The summed E-state index contributed by atoms with van der Waals surface area (Å²) in [6, 6.07) is 4.41. The summed E-state index contributed by atoms with van der Waals surface area (Å²) in [5, 5.41) is 0. The second kappa shape index (κ2) is 5.89. The van der Waals surface area contributed by atoms with Gasteiger partial charge in [0.05, 0.1) is 12.6 Å². The highest BCUT2D eigenvalue weighted by Gasteiger charge is 2.29. The largest absolute Gasteiger partial charge is 0.383 e. The van der Waals surface area contributed by atoms with Crippen LogP contribution >= 0.6 is 0 Å². The number of pyridine rings is 1. The topological polar surface area (TPSA) is 43.2 Å². The van der Waals surface area contributed by atoms with Crippen LogP contribution in [-0.2, 0) is 11.3 Å². The van der Waals surface area contributed by atoms with E-state index in [9.17, 15) is 0 Å². The Morgan fingerprint density at radius 2 is 2.35 bits per heavy atom. The minimum Gasteiger partial charge on any atom is -0.383 e. The average molecular weight is 274 g/mol. The van der Waals surface area contributed by atoms with E-state index in [1.807, 2.05) is 18.3 Å². The Labute approximate surface area is 119 Å². The molecule has 2 aromatic rings. The highest BCUT2D eigenvalue weighted by atomic mass is 16.5. The van der Waals surface area contributed by atoms with E-state index in [1.165, 1.54) is 19.4 Å². The number of hydrogen-bond donors (Lipinski definition) is 0. The lowest BCUT2D eigenvalue weighted by molar-refractivity contribution is 0.183. The van der Waals surface area contributed by atoms with Crippen LogP contribution in [0, 0.1) is 0 Å². The summed E-state index contributed by atoms with van der Waals surface area (Å²) >= 11 is 0. The molecular formula is C15H22N4O. The molecule has 2 aromatic heterocycles. The van der Waals surface area contributed by atoms with Gasteiger partial charge in [0, 0.05) is 19.9 Å². The summed E-state index contributed by atoms with van der Waals surface area (Å²) in [5.41, 5.74) is 1.96. The van der Waals surface area contributed by atoms with Gasteiger partial charge in [0.25, 0.3) is 0 Å². The van der Waals surface area contributed by atoms with Crippen molar-refractivity contribution in [3.05, 3.63) is 24.2 Å². The van der Waals surface area contributed by atoms with E-state index in [-0.39, 0.29) is 0 Å². The zero-order valence-electron chi connectivity index (χ0n) is 12.2. The molecule has 3 rings (SSSR count). The van der Waals surface area contributed by atoms with E-state index in [4.69, 9.17) is 9.72 Å². The Hall–Kier alpha value is -1.46. The second-order valence-corrected chi connectivity index (χ2v) is 5.25. The smallest absolute Gasteiger partial charge is 0.160 e. The summed E-state index contributed by atoms with van der Waals surface area (Å²) in [5.74, 6) is 1.15. The molecule has 1 aliphatic rings. The van der Waals surface area contributed by atoms with Crippen LogP contribution < -0.4 is 0 Å². The monoisotopic (exact) mass is 274 g/mol. The maximum Gasteiger partial charge on any atom is 0.160 e. The van der Waals surface area contributed by atoms with Crippen molar-refractivity contribution in [1.82, 2.24) is 19.4 Å². The first kappa shape index (κ1) is 13.5. The maximum atomic E-state index is 5.24. The lowest BCUT2D eigenvalue weighted by Crippen LogP contribution is -2.25. The third kappa shape index (κ3) is 2.31. The van der Waals surface area contributed by atoms with Crippen LogP contribution in [0.3, 0.4) is 0 Å². The number of ether oxygens (including phenoxy) is 1. The Morgan fingerprint density at radius 1 is 1.45 bits per heavy atom. The predicted octanol–water partition coefficient (Wildman–Crippen LogP) is 2.23. The maximum absolute atomic E-state index is 5.24. The van der Waals surface area contributed by atoms with Gasteiger partial charge in [-0.15, -0.1) is 0 Å². The number of rotatable bonds is 5. The molecule has 0 aliphatic carbocycles. The van der Waals surface area contributed by atoms with Gasteiger partial charge in [-0.25, -0.2) is 9.97 Å². The number of methoxy groups -OCH3 is 1. The van der Waals surface area contributed by atoms with Crippen molar-refractivity contribution in [2.75, 3.05) is 26.8 Å². The predicted molar refractivity (Wildman–Crippen MR) is 78.6 cm³/mol. The molecule has 1 fully saturated rings. The Kier molecular flexibility index (Phi) is 3.98. The fourth-order valence-corrected chi connectivity index (χ4v) is 3.13. The van der Waals surface area contributed by atoms with Crippen LogP contribution in [0.25, 0.3) is 11.2 Å². The molecule has 0 N–H and O–H groups in total. The van der Waals surface area contributed by atoms with Gasteiger partial charge in [-0.2, -0.15) is 0 Å². The molecule has 108 valence electrons. The first-order valence-electron chi connectivity index (χ1n) is 7.39. The normalized spacial score (nSPS) is 20.0. The van der Waals surface area contributed by atoms with Gasteiger partial charge in [0.15, 0.2) is 5.65 Å². The molecule has 5 heteroatoms. The number of likely N-dealkylation sites (tertiary alicyclic amines) is 1. The summed E-state index contributed by atoms with van der Waals surface area (Å²) < 4.78 is 7.48. The lowest BCUT2D eigenvalue weighted by Gasteiger charge is -2.23. The summed E-state index contributed by atoms with van der Waals surface area (Å²) in [7, 11) is 1.74. The molecule has 0 bridgehead atoms. The van der Waals surface area contributed by atoms with Crippen molar-refractivity contribution >= 4 is 11.2 Å². The van der Waals surface area contributed by atoms with Crippen molar-refractivity contribution in [2.45, 2.75) is 32.4 Å². The lowest BCUT2D eigenvalue weighted by atomic mass is 10.2. The summed E-state index contributed by atoms with van der Waals surface area (Å²) in [4.78, 5) is 11.9. The van der Waals surface area contributed by atoms with Gasteiger partial charge < -0.3 is 9.30 Å². The molecule has 0 saturated carbocycles. The SMILES string of the molecule is CCN1CCCC1c1nc2cccnc2n1CCOC. The number of fused-ring (bicyclic) bond motifs is 1. The van der Waals surface area contributed by atoms with Crippen LogP contribution in [0.15, 0.2) is 18.3 Å². The standard InChI is InChI=1S/C15H22N4O/c1-3-18-9-5-7-13(18)15-17-12-6-4-8-16-14(12)19(15)10-11-20-2/h4,6,8,13H,3,5,7,9-11H2,1-2H3. The van der Waals surface area contributed by atoms with Crippen LogP contribution in [-0.4, -0.2) is 46.2 Å². The van der Waals surface area contributed by atoms with Gasteiger partial charge in [-0.3, -0.25) is 4.90 Å². The van der Waals surface area contributed by atoms with Crippen molar-refractivity contribution in [2.24, 2.45) is 0 Å². The third-order valence-corrected chi connectivity index (χ3v) is 4.12. The molecule has 3 heterocycles. The molecule has 1 saturated heterocycles. The van der Waals surface area contributed by atoms with Gasteiger partial charge in [-0.05, 0) is 38.1 Å². The minimum atomic E-state index is 0.422. The van der Waals surface area contributed by atoms with Gasteiger partial charge >= 0.3 is 0 Å². The van der Waals surface area contributed by atoms with Crippen LogP contribution in [0.1, 0.15) is 31.6 Å². The van der Waals surface area contributed by atoms with Gasteiger partial charge in [0.1, 0.15) is 11.3 Å². The quantitative estimate of drug-likeness (QED) is 0.838. The van der Waals surface area contributed by atoms with Gasteiger partial charge in [0.2, 0.25) is 0 Å². The van der Waals surface area contributed by atoms with E-state index in [0.717, 1.165) is 30.1 Å². The highest BCUT2D eigenvalue weighted by Crippen LogP contribution is 2.32. The molecule has 0 aromatic carbocycles. The molecule has 0 radical (unpaired) electrons. The fourth-order valence-electron chi connectivity index (χ4n) is 3.13. The van der Waals surface area contributed by atoms with E-state index in [0.29, 0.717) is 12.6 Å². The number of hydrogen-bond acceptors (Lipinski definition) is 4. The molecule has 0 amide bonds. The Morgan fingerprint density at radius 3 is 3.15 bits per heavy atom. The first-order valence-corrected chi connectivity index (χ1v) is 7.39. The van der Waals surface area contributed by atoms with Crippen LogP contribution in [0.5, 0.6) is 0 Å². The number of nitrogens with zero attached hydrogens (tertiary/aromatic N) is 4. The Balaban J connectivity index is 2.04. The summed E-state index contributed by atoms with van der Waals surface area (Å²) in [6.07, 6.45) is 4.27. The molecule has 0 spiro atoms. The Bertz CT molecular complexity index is 580. The van der Waals surface area contributed by atoms with Crippen molar-refractivity contribution in [3.8, 4) is 0 Å². The molecule has 20 heavy (non-hydrogen) atoms. The molecule has 1 atom stereocenters. The van der Waals surface area contributed by atoms with E-state index < -0.39 is 0 Å². The zero-order valence-corrected chi connectivity index (χ0v) is 12.2. The van der Waals surface area contributed by atoms with Crippen molar-refractivity contribution < 1.29 is 4.74 Å². The first-order chi connectivity index (χ1) is 9.85. The average Bonchev–Trinajstić information content (AvgIpc) is 3.08. The summed E-state index contributed by atoms with van der Waals surface area (Å²) in [6.45, 7) is 5.97. The van der Waals surface area contributed by atoms with Crippen molar-refractivity contribution in [1.29, 1.82) is 0 Å². The second-order valence-electron chi connectivity index (χ2n) is 5.25. The van der Waals surface area contributed by atoms with Crippen molar-refractivity contribution in [3.63, 3.8) is 0 Å². The van der Waals surface area contributed by atoms with Crippen LogP contribution in [0.4, 0.5) is 0 Å². The molecule has 1 unspecified atom stereocenters. The molecule has 5 nitrogen and oxygen atoms in total.